The second-order valence-corrected chi connectivity index (χ2v) is 4.87. The molecule has 2 atom stereocenters. The Bertz CT molecular complexity index is 429. The first kappa shape index (κ1) is 16.4. The number of unbranched alkanes of at least 4 members (excludes halogenated alkanes) is 1. The Morgan fingerprint density at radius 1 is 1.37 bits per heavy atom. The third-order valence-electron chi connectivity index (χ3n) is 3.12. The van der Waals surface area contributed by atoms with Crippen LogP contribution in [0.3, 0.4) is 0 Å². The van der Waals surface area contributed by atoms with E-state index >= 15 is 0 Å². The highest BCUT2D eigenvalue weighted by Crippen LogP contribution is 2.39. The van der Waals surface area contributed by atoms with Gasteiger partial charge in [-0.3, -0.25) is 0 Å². The Morgan fingerprint density at radius 3 is 2.63 bits per heavy atom. The molecule has 3 N–H and O–H groups in total. The minimum atomic E-state index is -0.595. The second kappa shape index (κ2) is 7.20. The molecule has 0 fully saturated rings. The van der Waals surface area contributed by atoms with Gasteiger partial charge in [0.15, 0.2) is 11.5 Å². The van der Waals surface area contributed by atoms with Gasteiger partial charge >= 0.3 is 0 Å². The van der Waals surface area contributed by atoms with E-state index in [0.717, 1.165) is 12.8 Å². The third-order valence-corrected chi connectivity index (χ3v) is 3.45. The summed E-state index contributed by atoms with van der Waals surface area (Å²) in [6.45, 7) is 2.27. The van der Waals surface area contributed by atoms with Crippen molar-refractivity contribution in [2.24, 2.45) is 5.73 Å². The van der Waals surface area contributed by atoms with Crippen LogP contribution in [-0.4, -0.2) is 18.0 Å². The van der Waals surface area contributed by atoms with E-state index in [0.29, 0.717) is 28.5 Å². The predicted molar refractivity (Wildman–Crippen MR) is 77.3 cm³/mol. The number of halogens is 2. The largest absolute Gasteiger partial charge is 0.454 e. The first-order valence-corrected chi connectivity index (χ1v) is 6.54. The Morgan fingerprint density at radius 2 is 2.00 bits per heavy atom. The topological polar surface area (TPSA) is 64.7 Å². The van der Waals surface area contributed by atoms with Crippen molar-refractivity contribution in [3.63, 3.8) is 0 Å². The highest BCUT2D eigenvalue weighted by Gasteiger charge is 2.23. The van der Waals surface area contributed by atoms with Crippen LogP contribution in [0.4, 0.5) is 0 Å². The molecule has 0 saturated carbocycles. The van der Waals surface area contributed by atoms with Crippen molar-refractivity contribution < 1.29 is 14.6 Å². The molecular weight excluding hydrogens is 289 g/mol. The lowest BCUT2D eigenvalue weighted by Crippen LogP contribution is -2.26. The fourth-order valence-corrected chi connectivity index (χ4v) is 2.27. The molecule has 0 spiro atoms. The Balaban J connectivity index is 0.00000180. The van der Waals surface area contributed by atoms with E-state index in [9.17, 15) is 5.11 Å². The summed E-state index contributed by atoms with van der Waals surface area (Å²) < 4.78 is 10.5. The van der Waals surface area contributed by atoms with E-state index in [1.54, 1.807) is 12.1 Å². The SMILES string of the molecule is CCCC[C@H](O)[C@H](N)c1cc2c(cc1Cl)OCO2.Cl. The summed E-state index contributed by atoms with van der Waals surface area (Å²) >= 11 is 6.15. The summed E-state index contributed by atoms with van der Waals surface area (Å²) in [5.41, 5.74) is 6.74. The molecule has 0 aliphatic carbocycles. The maximum atomic E-state index is 10.0. The Kier molecular flexibility index (Phi) is 6.20. The summed E-state index contributed by atoms with van der Waals surface area (Å²) in [5, 5.41) is 10.5. The second-order valence-electron chi connectivity index (χ2n) is 4.46. The van der Waals surface area contributed by atoms with Crippen LogP contribution in [-0.2, 0) is 0 Å². The lowest BCUT2D eigenvalue weighted by atomic mass is 9.98. The van der Waals surface area contributed by atoms with Crippen LogP contribution in [0.15, 0.2) is 12.1 Å². The van der Waals surface area contributed by atoms with Gasteiger partial charge in [0.25, 0.3) is 0 Å². The molecule has 1 aliphatic heterocycles. The minimum absolute atomic E-state index is 0. The van der Waals surface area contributed by atoms with Gasteiger partial charge < -0.3 is 20.3 Å². The Labute approximate surface area is 124 Å². The molecule has 0 saturated heterocycles. The number of fused-ring (bicyclic) bond motifs is 1. The van der Waals surface area contributed by atoms with Gasteiger partial charge in [0.1, 0.15) is 0 Å². The summed E-state index contributed by atoms with van der Waals surface area (Å²) in [6, 6.07) is 2.94. The van der Waals surface area contributed by atoms with Crippen molar-refractivity contribution in [3.05, 3.63) is 22.7 Å². The van der Waals surface area contributed by atoms with Crippen LogP contribution in [0.2, 0.25) is 5.02 Å². The van der Waals surface area contributed by atoms with Gasteiger partial charge in [-0.25, -0.2) is 0 Å². The number of benzene rings is 1. The van der Waals surface area contributed by atoms with Crippen molar-refractivity contribution in [2.45, 2.75) is 38.3 Å². The molecule has 6 heteroatoms. The summed E-state index contributed by atoms with van der Waals surface area (Å²) in [5.74, 6) is 1.26. The molecule has 1 heterocycles. The first-order chi connectivity index (χ1) is 8.63. The van der Waals surface area contributed by atoms with Crippen molar-refractivity contribution in [1.29, 1.82) is 0 Å². The number of rotatable bonds is 5. The number of ether oxygens (including phenoxy) is 2. The van der Waals surface area contributed by atoms with Crippen LogP contribution in [0, 0.1) is 0 Å². The predicted octanol–water partition coefficient (Wildman–Crippen LogP) is 3.04. The van der Waals surface area contributed by atoms with E-state index < -0.39 is 12.1 Å². The van der Waals surface area contributed by atoms with Gasteiger partial charge in [-0.2, -0.15) is 0 Å². The molecule has 108 valence electrons. The average molecular weight is 308 g/mol. The molecule has 2 rings (SSSR count). The van der Waals surface area contributed by atoms with Crippen LogP contribution >= 0.6 is 24.0 Å². The van der Waals surface area contributed by atoms with Gasteiger partial charge in [-0.05, 0) is 18.1 Å². The molecule has 1 aliphatic rings. The van der Waals surface area contributed by atoms with Crippen molar-refractivity contribution in [2.75, 3.05) is 6.79 Å². The van der Waals surface area contributed by atoms with Gasteiger partial charge in [-0.15, -0.1) is 12.4 Å². The number of hydrogen-bond acceptors (Lipinski definition) is 4. The fourth-order valence-electron chi connectivity index (χ4n) is 1.99. The van der Waals surface area contributed by atoms with Gasteiger partial charge in [-0.1, -0.05) is 31.4 Å². The fraction of sp³-hybridized carbons (Fsp3) is 0.538. The molecule has 0 aromatic heterocycles. The third kappa shape index (κ3) is 3.66. The lowest BCUT2D eigenvalue weighted by Gasteiger charge is -2.20. The maximum Gasteiger partial charge on any atom is 0.231 e. The molecule has 1 aromatic carbocycles. The van der Waals surface area contributed by atoms with E-state index in [2.05, 4.69) is 6.92 Å². The van der Waals surface area contributed by atoms with Crippen molar-refractivity contribution >= 4 is 24.0 Å². The van der Waals surface area contributed by atoms with E-state index in [-0.39, 0.29) is 19.2 Å². The maximum absolute atomic E-state index is 10.0. The number of nitrogens with two attached hydrogens (primary N) is 1. The molecule has 0 radical (unpaired) electrons. The minimum Gasteiger partial charge on any atom is -0.454 e. The van der Waals surface area contributed by atoms with Crippen LogP contribution in [0.25, 0.3) is 0 Å². The zero-order chi connectivity index (χ0) is 13.1. The van der Waals surface area contributed by atoms with E-state index in [1.165, 1.54) is 0 Å². The quantitative estimate of drug-likeness (QED) is 0.877. The van der Waals surface area contributed by atoms with Crippen molar-refractivity contribution in [1.82, 2.24) is 0 Å². The summed E-state index contributed by atoms with van der Waals surface area (Å²) in [4.78, 5) is 0. The monoisotopic (exact) mass is 307 g/mol. The normalized spacial score (nSPS) is 15.8. The molecule has 1 aromatic rings. The van der Waals surface area contributed by atoms with Crippen LogP contribution in [0.1, 0.15) is 37.8 Å². The van der Waals surface area contributed by atoms with Crippen molar-refractivity contribution in [3.8, 4) is 11.5 Å². The smallest absolute Gasteiger partial charge is 0.231 e. The van der Waals surface area contributed by atoms with E-state index in [4.69, 9.17) is 26.8 Å². The first-order valence-electron chi connectivity index (χ1n) is 6.16. The lowest BCUT2D eigenvalue weighted by molar-refractivity contribution is 0.132. The van der Waals surface area contributed by atoms with E-state index in [1.807, 2.05) is 0 Å². The number of aliphatic hydroxyl groups excluding tert-OH is 1. The number of aliphatic hydroxyl groups is 1. The molecule has 0 amide bonds. The molecule has 19 heavy (non-hydrogen) atoms. The molecule has 4 nitrogen and oxygen atoms in total. The highest BCUT2D eigenvalue weighted by atomic mass is 35.5. The molecule has 0 unspecified atom stereocenters. The van der Waals surface area contributed by atoms with Crippen LogP contribution in [0.5, 0.6) is 11.5 Å². The summed E-state index contributed by atoms with van der Waals surface area (Å²) in [7, 11) is 0. The number of hydrogen-bond donors (Lipinski definition) is 2. The van der Waals surface area contributed by atoms with Gasteiger partial charge in [0.2, 0.25) is 6.79 Å². The molecule has 0 bridgehead atoms. The zero-order valence-corrected chi connectivity index (χ0v) is 12.3. The van der Waals surface area contributed by atoms with Gasteiger partial charge in [0, 0.05) is 11.1 Å². The Hall–Kier alpha value is -0.680. The highest BCUT2D eigenvalue weighted by molar-refractivity contribution is 6.31. The molecular formula is C13H19Cl2NO3. The standard InChI is InChI=1S/C13H18ClNO3.ClH/c1-2-3-4-10(16)13(15)8-5-11-12(6-9(8)14)18-7-17-11;/h5-6,10,13,16H,2-4,7,15H2,1H3;1H/t10-,13+;/m0./s1. The average Bonchev–Trinajstić information content (AvgIpc) is 2.81. The van der Waals surface area contributed by atoms with Gasteiger partial charge in [0.05, 0.1) is 12.1 Å². The zero-order valence-electron chi connectivity index (χ0n) is 10.8. The van der Waals surface area contributed by atoms with Crippen LogP contribution < -0.4 is 15.2 Å². The summed E-state index contributed by atoms with van der Waals surface area (Å²) in [6.07, 6.45) is 2.04.